The first kappa shape index (κ1) is 12.8. The van der Waals surface area contributed by atoms with Gasteiger partial charge >= 0.3 is 0 Å². The van der Waals surface area contributed by atoms with Crippen molar-refractivity contribution in [2.45, 2.75) is 44.6 Å². The van der Waals surface area contributed by atoms with Gasteiger partial charge in [0.2, 0.25) is 0 Å². The van der Waals surface area contributed by atoms with Gasteiger partial charge in [-0.3, -0.25) is 0 Å². The van der Waals surface area contributed by atoms with Crippen LogP contribution in [0.2, 0.25) is 5.02 Å². The average Bonchev–Trinajstić information content (AvgIpc) is 2.66. The van der Waals surface area contributed by atoms with Crippen LogP contribution in [0.1, 0.15) is 38.2 Å². The fourth-order valence-electron chi connectivity index (χ4n) is 2.76. The third-order valence-electron chi connectivity index (χ3n) is 3.79. The van der Waals surface area contributed by atoms with Crippen molar-refractivity contribution >= 4 is 11.6 Å². The lowest BCUT2D eigenvalue weighted by molar-refractivity contribution is 0.0428. The Hall–Kier alpha value is -0.600. The van der Waals surface area contributed by atoms with Gasteiger partial charge in [-0.25, -0.2) is 4.39 Å². The van der Waals surface area contributed by atoms with Crippen molar-refractivity contribution in [2.75, 3.05) is 0 Å². The minimum atomic E-state index is -0.744. The van der Waals surface area contributed by atoms with Gasteiger partial charge in [-0.15, -0.1) is 0 Å². The lowest BCUT2D eigenvalue weighted by atomic mass is 9.91. The van der Waals surface area contributed by atoms with Crippen LogP contribution in [0.25, 0.3) is 0 Å². The van der Waals surface area contributed by atoms with Crippen molar-refractivity contribution in [3.05, 3.63) is 34.6 Å². The summed E-state index contributed by atoms with van der Waals surface area (Å²) in [4.78, 5) is 0. The zero-order chi connectivity index (χ0) is 12.5. The van der Waals surface area contributed by atoms with E-state index in [1.54, 1.807) is 6.07 Å². The molecule has 2 atom stereocenters. The molecule has 0 amide bonds. The van der Waals surface area contributed by atoms with Crippen molar-refractivity contribution in [1.82, 2.24) is 0 Å². The molecule has 3 heteroatoms. The molecule has 94 valence electrons. The smallest absolute Gasteiger partial charge is 0.126 e. The number of hydrogen-bond donors (Lipinski definition) is 1. The van der Waals surface area contributed by atoms with Gasteiger partial charge in [0.25, 0.3) is 0 Å². The second-order valence-electron chi connectivity index (χ2n) is 5.15. The lowest BCUT2D eigenvalue weighted by Crippen LogP contribution is -2.28. The van der Waals surface area contributed by atoms with Crippen molar-refractivity contribution in [2.24, 2.45) is 5.92 Å². The molecule has 1 nitrogen and oxygen atoms in total. The quantitative estimate of drug-likeness (QED) is 0.868. The van der Waals surface area contributed by atoms with E-state index in [1.165, 1.54) is 12.1 Å². The van der Waals surface area contributed by atoms with E-state index >= 15 is 0 Å². The van der Waals surface area contributed by atoms with E-state index in [-0.39, 0.29) is 5.82 Å². The molecular weight excluding hydrogens is 239 g/mol. The maximum Gasteiger partial charge on any atom is 0.126 e. The van der Waals surface area contributed by atoms with Crippen LogP contribution in [0.4, 0.5) is 4.39 Å². The second-order valence-corrected chi connectivity index (χ2v) is 5.59. The Kier molecular flexibility index (Phi) is 3.74. The normalized spacial score (nSPS) is 28.6. The summed E-state index contributed by atoms with van der Waals surface area (Å²) in [5.41, 5.74) is -0.219. The highest BCUT2D eigenvalue weighted by atomic mass is 35.5. The number of halogens is 2. The average molecular weight is 257 g/mol. The molecule has 0 aromatic heterocycles. The number of aliphatic hydroxyl groups is 1. The van der Waals surface area contributed by atoms with E-state index in [0.29, 0.717) is 22.9 Å². The molecule has 2 rings (SSSR count). The Labute approximate surface area is 107 Å². The Balaban J connectivity index is 2.13. The molecular formula is C14H18ClFO. The fraction of sp³-hybridized carbons (Fsp3) is 0.571. The van der Waals surface area contributed by atoms with Crippen molar-refractivity contribution in [3.63, 3.8) is 0 Å². The number of rotatable bonds is 3. The van der Waals surface area contributed by atoms with Gasteiger partial charge in [0, 0.05) is 11.4 Å². The largest absolute Gasteiger partial charge is 0.390 e. The van der Waals surface area contributed by atoms with Crippen LogP contribution in [0.15, 0.2) is 18.2 Å². The molecule has 1 aliphatic carbocycles. The van der Waals surface area contributed by atoms with Crippen molar-refractivity contribution < 1.29 is 9.50 Å². The summed E-state index contributed by atoms with van der Waals surface area (Å²) in [6.07, 6.45) is 4.03. The first-order chi connectivity index (χ1) is 8.02. The molecule has 0 radical (unpaired) electrons. The molecule has 0 heterocycles. The Morgan fingerprint density at radius 1 is 1.53 bits per heavy atom. The van der Waals surface area contributed by atoms with Crippen LogP contribution < -0.4 is 0 Å². The third kappa shape index (κ3) is 2.99. The van der Waals surface area contributed by atoms with Gasteiger partial charge < -0.3 is 5.11 Å². The van der Waals surface area contributed by atoms with Crippen LogP contribution in [-0.4, -0.2) is 10.7 Å². The molecule has 17 heavy (non-hydrogen) atoms. The van der Waals surface area contributed by atoms with Crippen LogP contribution in [0.5, 0.6) is 0 Å². The Morgan fingerprint density at radius 3 is 2.94 bits per heavy atom. The maximum absolute atomic E-state index is 13.6. The molecule has 0 spiro atoms. The second kappa shape index (κ2) is 4.95. The topological polar surface area (TPSA) is 20.2 Å². The molecule has 1 aromatic rings. The van der Waals surface area contributed by atoms with Gasteiger partial charge in [0.15, 0.2) is 0 Å². The van der Waals surface area contributed by atoms with Gasteiger partial charge in [0.1, 0.15) is 5.82 Å². The summed E-state index contributed by atoms with van der Waals surface area (Å²) in [7, 11) is 0. The van der Waals surface area contributed by atoms with E-state index < -0.39 is 5.60 Å². The molecule has 1 N–H and O–H groups in total. The molecule has 1 saturated carbocycles. The minimum absolute atomic E-state index is 0.275. The lowest BCUT2D eigenvalue weighted by Gasteiger charge is -2.23. The summed E-state index contributed by atoms with van der Waals surface area (Å²) in [5, 5.41) is 11.0. The van der Waals surface area contributed by atoms with E-state index in [9.17, 15) is 9.50 Å². The van der Waals surface area contributed by atoms with E-state index in [4.69, 9.17) is 11.6 Å². The van der Waals surface area contributed by atoms with Gasteiger partial charge in [0.05, 0.1) is 5.60 Å². The maximum atomic E-state index is 13.6. The molecule has 1 aromatic carbocycles. The first-order valence-corrected chi connectivity index (χ1v) is 6.56. The zero-order valence-corrected chi connectivity index (χ0v) is 10.8. The van der Waals surface area contributed by atoms with Crippen molar-refractivity contribution in [3.8, 4) is 0 Å². The fourth-order valence-corrected chi connectivity index (χ4v) is 2.95. The first-order valence-electron chi connectivity index (χ1n) is 6.19. The molecule has 1 aliphatic rings. The highest BCUT2D eigenvalue weighted by Crippen LogP contribution is 2.39. The predicted molar refractivity (Wildman–Crippen MR) is 67.7 cm³/mol. The van der Waals surface area contributed by atoms with Gasteiger partial charge in [-0.1, -0.05) is 24.9 Å². The van der Waals surface area contributed by atoms with Gasteiger partial charge in [-0.05, 0) is 48.9 Å². The van der Waals surface area contributed by atoms with E-state index in [2.05, 4.69) is 6.92 Å². The van der Waals surface area contributed by atoms with Crippen LogP contribution in [0.3, 0.4) is 0 Å². The monoisotopic (exact) mass is 256 g/mol. The highest BCUT2D eigenvalue weighted by Gasteiger charge is 2.36. The van der Waals surface area contributed by atoms with Gasteiger partial charge in [-0.2, -0.15) is 0 Å². The van der Waals surface area contributed by atoms with E-state index in [0.717, 1.165) is 25.7 Å². The SMILES string of the molecule is CCC1CCC(O)(Cc2cc(Cl)ccc2F)C1. The molecule has 1 fully saturated rings. The number of benzene rings is 1. The van der Waals surface area contributed by atoms with Crippen LogP contribution >= 0.6 is 11.6 Å². The predicted octanol–water partition coefficient (Wildman–Crippen LogP) is 3.96. The number of hydrogen-bond acceptors (Lipinski definition) is 1. The third-order valence-corrected chi connectivity index (χ3v) is 4.03. The summed E-state index contributed by atoms with van der Waals surface area (Å²) >= 11 is 5.86. The van der Waals surface area contributed by atoms with Crippen LogP contribution in [0, 0.1) is 11.7 Å². The summed E-state index contributed by atoms with van der Waals surface area (Å²) in [6, 6.07) is 4.52. The van der Waals surface area contributed by atoms with E-state index in [1.807, 2.05) is 0 Å². The summed E-state index contributed by atoms with van der Waals surface area (Å²) < 4.78 is 13.6. The molecule has 0 aliphatic heterocycles. The Morgan fingerprint density at radius 2 is 2.29 bits per heavy atom. The zero-order valence-electron chi connectivity index (χ0n) is 10.0. The highest BCUT2D eigenvalue weighted by molar-refractivity contribution is 6.30. The molecule has 2 unspecified atom stereocenters. The Bertz CT molecular complexity index is 407. The van der Waals surface area contributed by atoms with Crippen molar-refractivity contribution in [1.29, 1.82) is 0 Å². The molecule has 0 saturated heterocycles. The summed E-state index contributed by atoms with van der Waals surface area (Å²) in [6.45, 7) is 2.14. The summed E-state index contributed by atoms with van der Waals surface area (Å²) in [5.74, 6) is 0.296. The standard InChI is InChI=1S/C14H18ClFO/c1-2-10-5-6-14(17,8-10)9-11-7-12(15)3-4-13(11)16/h3-4,7,10,17H,2,5-6,8-9H2,1H3. The van der Waals surface area contributed by atoms with Crippen LogP contribution in [-0.2, 0) is 6.42 Å². The molecule has 0 bridgehead atoms. The minimum Gasteiger partial charge on any atom is -0.390 e.